The number of carbonyl (C=O) groups excluding carboxylic acids is 2. The Morgan fingerprint density at radius 2 is 1.75 bits per heavy atom. The molecule has 1 fully saturated rings. The largest absolute Gasteiger partial charge is 0.467 e. The second-order valence-corrected chi connectivity index (χ2v) is 9.03. The van der Waals surface area contributed by atoms with Crippen LogP contribution in [0.3, 0.4) is 0 Å². The molecule has 0 aromatic heterocycles. The van der Waals surface area contributed by atoms with Crippen molar-refractivity contribution in [2.45, 2.75) is 56.4 Å². The number of hydrogen-bond acceptors (Lipinski definition) is 5. The van der Waals surface area contributed by atoms with Crippen molar-refractivity contribution in [1.29, 1.82) is 0 Å². The van der Waals surface area contributed by atoms with Crippen molar-refractivity contribution in [1.82, 2.24) is 4.90 Å². The molecule has 1 heterocycles. The standard InChI is InChI=1S/C18H25NO4S/c1-17(2,3)23-16(21)19-13(15(20)22-6)18(4,5)24-14(19)12-10-8-7-9-11-12/h7-11,13-14H,1-6H3/t13-,14?/m0/s1. The van der Waals surface area contributed by atoms with Crippen molar-refractivity contribution in [2.24, 2.45) is 0 Å². The molecule has 0 bridgehead atoms. The lowest BCUT2D eigenvalue weighted by Gasteiger charge is -2.32. The molecular formula is C18H25NO4S. The van der Waals surface area contributed by atoms with E-state index in [-0.39, 0.29) is 5.37 Å². The van der Waals surface area contributed by atoms with Crippen molar-refractivity contribution in [3.8, 4) is 0 Å². The number of ether oxygens (including phenoxy) is 2. The predicted octanol–water partition coefficient (Wildman–Crippen LogP) is 3.99. The SMILES string of the molecule is COC(=O)[C@@H]1N(C(=O)OC(C)(C)C)C(c2ccccc2)SC1(C)C. The Morgan fingerprint density at radius 1 is 1.17 bits per heavy atom. The van der Waals surface area contributed by atoms with E-state index in [4.69, 9.17) is 9.47 Å². The van der Waals surface area contributed by atoms with Gasteiger partial charge in [0.1, 0.15) is 17.0 Å². The molecule has 0 spiro atoms. The zero-order valence-corrected chi connectivity index (χ0v) is 15.8. The van der Waals surface area contributed by atoms with Gasteiger partial charge in [-0.2, -0.15) is 0 Å². The number of esters is 1. The molecule has 24 heavy (non-hydrogen) atoms. The van der Waals surface area contributed by atoms with E-state index in [1.807, 2.05) is 65.0 Å². The first-order valence-corrected chi connectivity index (χ1v) is 8.77. The van der Waals surface area contributed by atoms with Gasteiger partial charge in [0.2, 0.25) is 0 Å². The number of rotatable bonds is 2. The Kier molecular flexibility index (Phi) is 5.18. The highest BCUT2D eigenvalue weighted by Crippen LogP contribution is 2.52. The summed E-state index contributed by atoms with van der Waals surface area (Å²) in [6.07, 6.45) is -0.509. The summed E-state index contributed by atoms with van der Waals surface area (Å²) in [7, 11) is 1.34. The minimum Gasteiger partial charge on any atom is -0.467 e. The summed E-state index contributed by atoms with van der Waals surface area (Å²) in [4.78, 5) is 26.8. The monoisotopic (exact) mass is 351 g/mol. The van der Waals surface area contributed by atoms with Crippen LogP contribution in [-0.2, 0) is 14.3 Å². The van der Waals surface area contributed by atoms with Crippen molar-refractivity contribution >= 4 is 23.8 Å². The Hall–Kier alpha value is -1.69. The van der Waals surface area contributed by atoms with Crippen LogP contribution in [0.15, 0.2) is 30.3 Å². The van der Waals surface area contributed by atoms with Gasteiger partial charge in [-0.05, 0) is 40.2 Å². The molecule has 0 radical (unpaired) electrons. The van der Waals surface area contributed by atoms with Crippen molar-refractivity contribution in [3.05, 3.63) is 35.9 Å². The topological polar surface area (TPSA) is 55.8 Å². The van der Waals surface area contributed by atoms with Crippen LogP contribution in [0.1, 0.15) is 45.6 Å². The fraction of sp³-hybridized carbons (Fsp3) is 0.556. The lowest BCUT2D eigenvalue weighted by atomic mass is 10.0. The van der Waals surface area contributed by atoms with Gasteiger partial charge in [-0.1, -0.05) is 30.3 Å². The zero-order chi connectivity index (χ0) is 18.1. The van der Waals surface area contributed by atoms with Crippen LogP contribution < -0.4 is 0 Å². The zero-order valence-electron chi connectivity index (χ0n) is 15.0. The summed E-state index contributed by atoms with van der Waals surface area (Å²) in [5.74, 6) is -0.434. The van der Waals surface area contributed by atoms with Gasteiger partial charge in [0.05, 0.1) is 7.11 Å². The van der Waals surface area contributed by atoms with Crippen LogP contribution in [0.25, 0.3) is 0 Å². The van der Waals surface area contributed by atoms with Crippen LogP contribution in [-0.4, -0.2) is 40.5 Å². The number of benzene rings is 1. The number of carbonyl (C=O) groups is 2. The molecule has 0 aliphatic carbocycles. The molecule has 1 aromatic carbocycles. The average molecular weight is 351 g/mol. The molecule has 2 rings (SSSR count). The Morgan fingerprint density at radius 3 is 2.25 bits per heavy atom. The molecule has 1 saturated heterocycles. The minimum absolute atomic E-state index is 0.305. The summed E-state index contributed by atoms with van der Waals surface area (Å²) in [6, 6.07) is 8.94. The maximum absolute atomic E-state index is 12.8. The van der Waals surface area contributed by atoms with Gasteiger partial charge in [-0.25, -0.2) is 9.59 Å². The highest BCUT2D eigenvalue weighted by molar-refractivity contribution is 8.01. The van der Waals surface area contributed by atoms with Crippen molar-refractivity contribution in [3.63, 3.8) is 0 Å². The molecule has 1 aromatic rings. The smallest absolute Gasteiger partial charge is 0.412 e. The highest BCUT2D eigenvalue weighted by atomic mass is 32.2. The van der Waals surface area contributed by atoms with Gasteiger partial charge in [-0.3, -0.25) is 4.90 Å². The van der Waals surface area contributed by atoms with Crippen LogP contribution in [0.4, 0.5) is 4.79 Å². The predicted molar refractivity (Wildman–Crippen MR) is 94.7 cm³/mol. The number of methoxy groups -OCH3 is 1. The van der Waals surface area contributed by atoms with Gasteiger partial charge in [0.15, 0.2) is 0 Å². The van der Waals surface area contributed by atoms with E-state index in [2.05, 4.69) is 0 Å². The van der Waals surface area contributed by atoms with Gasteiger partial charge >= 0.3 is 12.1 Å². The summed E-state index contributed by atoms with van der Waals surface area (Å²) in [6.45, 7) is 9.32. The summed E-state index contributed by atoms with van der Waals surface area (Å²) < 4.78 is 10.0. The number of nitrogens with zero attached hydrogens (tertiary/aromatic N) is 1. The van der Waals surface area contributed by atoms with Crippen molar-refractivity contribution in [2.75, 3.05) is 7.11 Å². The minimum atomic E-state index is -0.715. The number of thioether (sulfide) groups is 1. The third-order valence-corrected chi connectivity index (χ3v) is 5.27. The van der Waals surface area contributed by atoms with E-state index in [1.54, 1.807) is 11.8 Å². The molecular weight excluding hydrogens is 326 g/mol. The van der Waals surface area contributed by atoms with Gasteiger partial charge in [0, 0.05) is 4.75 Å². The molecule has 0 saturated carbocycles. The van der Waals surface area contributed by atoms with E-state index in [0.29, 0.717) is 0 Å². The molecule has 6 heteroatoms. The Bertz CT molecular complexity index is 609. The van der Waals surface area contributed by atoms with Crippen LogP contribution in [0.5, 0.6) is 0 Å². The fourth-order valence-electron chi connectivity index (χ4n) is 2.75. The van der Waals surface area contributed by atoms with Gasteiger partial charge in [0.25, 0.3) is 0 Å². The lowest BCUT2D eigenvalue weighted by molar-refractivity contribution is -0.147. The second-order valence-electron chi connectivity index (χ2n) is 7.30. The molecule has 5 nitrogen and oxygen atoms in total. The molecule has 132 valence electrons. The van der Waals surface area contributed by atoms with Crippen LogP contribution in [0, 0.1) is 0 Å². The summed E-state index contributed by atoms with van der Waals surface area (Å²) >= 11 is 1.56. The quantitative estimate of drug-likeness (QED) is 0.754. The molecule has 2 atom stereocenters. The normalized spacial score (nSPS) is 23.0. The first kappa shape index (κ1) is 18.6. The maximum atomic E-state index is 12.8. The highest BCUT2D eigenvalue weighted by Gasteiger charge is 2.55. The molecule has 1 unspecified atom stereocenters. The second kappa shape index (κ2) is 6.67. The third kappa shape index (κ3) is 3.86. The number of hydrogen-bond donors (Lipinski definition) is 0. The number of amides is 1. The first-order valence-electron chi connectivity index (χ1n) is 7.89. The van der Waals surface area contributed by atoms with E-state index < -0.39 is 28.5 Å². The van der Waals surface area contributed by atoms with Crippen LogP contribution in [0.2, 0.25) is 0 Å². The Labute approximate surface area is 147 Å². The van der Waals surface area contributed by atoms with Gasteiger partial charge < -0.3 is 9.47 Å². The first-order chi connectivity index (χ1) is 11.1. The van der Waals surface area contributed by atoms with Crippen molar-refractivity contribution < 1.29 is 19.1 Å². The van der Waals surface area contributed by atoms with E-state index in [0.717, 1.165) is 5.56 Å². The maximum Gasteiger partial charge on any atom is 0.412 e. The average Bonchev–Trinajstić information content (AvgIpc) is 2.77. The fourth-order valence-corrected chi connectivity index (χ4v) is 4.28. The molecule has 1 aliphatic rings. The van der Waals surface area contributed by atoms with E-state index in [1.165, 1.54) is 12.0 Å². The lowest BCUT2D eigenvalue weighted by Crippen LogP contribution is -2.51. The Balaban J connectivity index is 2.46. The van der Waals surface area contributed by atoms with Crippen LogP contribution >= 0.6 is 11.8 Å². The third-order valence-electron chi connectivity index (χ3n) is 3.72. The van der Waals surface area contributed by atoms with E-state index in [9.17, 15) is 9.59 Å². The molecule has 1 amide bonds. The molecule has 1 aliphatic heterocycles. The summed E-state index contributed by atoms with van der Waals surface area (Å²) in [5, 5.41) is -0.305. The van der Waals surface area contributed by atoms with Gasteiger partial charge in [-0.15, -0.1) is 11.8 Å². The molecule has 0 N–H and O–H groups in total. The van der Waals surface area contributed by atoms with E-state index >= 15 is 0 Å². The summed E-state index contributed by atoms with van der Waals surface area (Å²) in [5.41, 5.74) is 0.309.